The number of aryl methyl sites for hydroxylation is 1. The standard InChI is InChI=1S/C13H17ClO3/c1-3-10-9-11(5-6-12(10)14)17-8-7-13(15)16-4-2/h5-6,9H,3-4,7-8H2,1-2H3. The van der Waals surface area contributed by atoms with Crippen LogP contribution in [0.5, 0.6) is 5.75 Å². The van der Waals surface area contributed by atoms with Crippen LogP contribution in [0.3, 0.4) is 0 Å². The van der Waals surface area contributed by atoms with E-state index in [1.165, 1.54) is 0 Å². The molecule has 0 bridgehead atoms. The Bertz CT molecular complexity index is 377. The minimum absolute atomic E-state index is 0.239. The number of halogens is 1. The number of ether oxygens (including phenoxy) is 2. The third kappa shape index (κ3) is 4.65. The third-order valence-corrected chi connectivity index (χ3v) is 2.65. The highest BCUT2D eigenvalue weighted by Gasteiger charge is 2.04. The molecule has 0 atom stereocenters. The molecule has 0 fully saturated rings. The Morgan fingerprint density at radius 1 is 1.35 bits per heavy atom. The Hall–Kier alpha value is -1.22. The second kappa shape index (κ2) is 7.17. The molecule has 0 aliphatic rings. The van der Waals surface area contributed by atoms with E-state index in [1.807, 2.05) is 13.0 Å². The molecule has 0 aliphatic heterocycles. The topological polar surface area (TPSA) is 35.5 Å². The fourth-order valence-electron chi connectivity index (χ4n) is 1.40. The van der Waals surface area contributed by atoms with Crippen LogP contribution in [0.2, 0.25) is 5.02 Å². The number of benzene rings is 1. The van der Waals surface area contributed by atoms with E-state index in [9.17, 15) is 4.79 Å². The van der Waals surface area contributed by atoms with Gasteiger partial charge in [-0.15, -0.1) is 0 Å². The van der Waals surface area contributed by atoms with Crippen LogP contribution in [0.15, 0.2) is 18.2 Å². The van der Waals surface area contributed by atoms with Crippen molar-refractivity contribution in [2.24, 2.45) is 0 Å². The summed E-state index contributed by atoms with van der Waals surface area (Å²) in [5.41, 5.74) is 1.04. The summed E-state index contributed by atoms with van der Waals surface area (Å²) in [6, 6.07) is 5.50. The van der Waals surface area contributed by atoms with Crippen molar-refractivity contribution < 1.29 is 14.3 Å². The van der Waals surface area contributed by atoms with Crippen molar-refractivity contribution in [2.45, 2.75) is 26.7 Å². The maximum Gasteiger partial charge on any atom is 0.309 e. The fourth-order valence-corrected chi connectivity index (χ4v) is 1.65. The molecule has 0 amide bonds. The van der Waals surface area contributed by atoms with Gasteiger partial charge in [0, 0.05) is 5.02 Å². The van der Waals surface area contributed by atoms with Crippen molar-refractivity contribution in [3.05, 3.63) is 28.8 Å². The van der Waals surface area contributed by atoms with Gasteiger partial charge in [-0.3, -0.25) is 4.79 Å². The van der Waals surface area contributed by atoms with E-state index in [-0.39, 0.29) is 12.4 Å². The van der Waals surface area contributed by atoms with Gasteiger partial charge in [-0.25, -0.2) is 0 Å². The molecule has 0 heterocycles. The molecule has 1 aromatic carbocycles. The van der Waals surface area contributed by atoms with E-state index in [2.05, 4.69) is 0 Å². The molecule has 0 radical (unpaired) electrons. The van der Waals surface area contributed by atoms with Gasteiger partial charge in [0.05, 0.1) is 19.6 Å². The van der Waals surface area contributed by atoms with Gasteiger partial charge in [-0.2, -0.15) is 0 Å². The van der Waals surface area contributed by atoms with Gasteiger partial charge in [0.2, 0.25) is 0 Å². The zero-order valence-corrected chi connectivity index (χ0v) is 10.9. The number of carbonyl (C=O) groups excluding carboxylic acids is 1. The zero-order chi connectivity index (χ0) is 12.7. The molecule has 1 rings (SSSR count). The van der Waals surface area contributed by atoms with Crippen molar-refractivity contribution >= 4 is 17.6 Å². The number of rotatable bonds is 6. The maximum absolute atomic E-state index is 11.1. The number of esters is 1. The molecule has 1 aromatic rings. The fraction of sp³-hybridized carbons (Fsp3) is 0.462. The highest BCUT2D eigenvalue weighted by molar-refractivity contribution is 6.31. The summed E-state index contributed by atoms with van der Waals surface area (Å²) in [5.74, 6) is 0.493. The van der Waals surface area contributed by atoms with Crippen molar-refractivity contribution in [1.82, 2.24) is 0 Å². The zero-order valence-electron chi connectivity index (χ0n) is 10.2. The Morgan fingerprint density at radius 3 is 2.76 bits per heavy atom. The lowest BCUT2D eigenvalue weighted by Crippen LogP contribution is -2.09. The molecule has 17 heavy (non-hydrogen) atoms. The van der Waals surface area contributed by atoms with Crippen molar-refractivity contribution in [3.63, 3.8) is 0 Å². The van der Waals surface area contributed by atoms with Gasteiger partial charge >= 0.3 is 5.97 Å². The quantitative estimate of drug-likeness (QED) is 0.733. The summed E-state index contributed by atoms with van der Waals surface area (Å²) in [6.07, 6.45) is 1.12. The van der Waals surface area contributed by atoms with E-state index < -0.39 is 0 Å². The number of hydrogen-bond donors (Lipinski definition) is 0. The summed E-state index contributed by atoms with van der Waals surface area (Å²) in [6.45, 7) is 4.54. The number of hydrogen-bond acceptors (Lipinski definition) is 3. The van der Waals surface area contributed by atoms with Crippen LogP contribution in [0.25, 0.3) is 0 Å². The summed E-state index contributed by atoms with van der Waals surface area (Å²) in [4.78, 5) is 11.1. The second-order valence-electron chi connectivity index (χ2n) is 3.51. The van der Waals surface area contributed by atoms with Gasteiger partial charge in [-0.05, 0) is 37.1 Å². The highest BCUT2D eigenvalue weighted by atomic mass is 35.5. The second-order valence-corrected chi connectivity index (χ2v) is 3.92. The molecule has 0 unspecified atom stereocenters. The minimum atomic E-state index is -0.239. The maximum atomic E-state index is 11.1. The molecule has 0 aliphatic carbocycles. The SMILES string of the molecule is CCOC(=O)CCOc1ccc(Cl)c(CC)c1. The van der Waals surface area contributed by atoms with E-state index in [1.54, 1.807) is 19.1 Å². The third-order valence-electron chi connectivity index (χ3n) is 2.28. The molecule has 0 saturated heterocycles. The van der Waals surface area contributed by atoms with Crippen LogP contribution in [0.1, 0.15) is 25.8 Å². The van der Waals surface area contributed by atoms with Crippen LogP contribution < -0.4 is 4.74 Å². The smallest absolute Gasteiger partial charge is 0.309 e. The van der Waals surface area contributed by atoms with Gasteiger partial charge in [0.15, 0.2) is 0 Å². The summed E-state index contributed by atoms with van der Waals surface area (Å²) >= 11 is 5.99. The molecule has 4 heteroatoms. The highest BCUT2D eigenvalue weighted by Crippen LogP contribution is 2.22. The summed E-state index contributed by atoms with van der Waals surface area (Å²) in [7, 11) is 0. The molecule has 0 spiro atoms. The van der Waals surface area contributed by atoms with Crippen molar-refractivity contribution in [1.29, 1.82) is 0 Å². The van der Waals surface area contributed by atoms with Crippen molar-refractivity contribution in [3.8, 4) is 5.75 Å². The first-order valence-electron chi connectivity index (χ1n) is 5.74. The predicted molar refractivity (Wildman–Crippen MR) is 67.6 cm³/mol. The average Bonchev–Trinajstić information content (AvgIpc) is 2.31. The molecule has 3 nitrogen and oxygen atoms in total. The van der Waals surface area contributed by atoms with Gasteiger partial charge in [0.25, 0.3) is 0 Å². The van der Waals surface area contributed by atoms with Crippen LogP contribution in [0, 0.1) is 0 Å². The first-order valence-corrected chi connectivity index (χ1v) is 6.12. The predicted octanol–water partition coefficient (Wildman–Crippen LogP) is 3.23. The molecule has 0 aromatic heterocycles. The lowest BCUT2D eigenvalue weighted by Gasteiger charge is -2.08. The first kappa shape index (κ1) is 13.8. The monoisotopic (exact) mass is 256 g/mol. The van der Waals surface area contributed by atoms with Crippen LogP contribution >= 0.6 is 11.6 Å². The lowest BCUT2D eigenvalue weighted by molar-refractivity contribution is -0.143. The first-order chi connectivity index (χ1) is 8.17. The molecule has 94 valence electrons. The Balaban J connectivity index is 2.44. The normalized spacial score (nSPS) is 10.1. The number of carbonyl (C=O) groups is 1. The van der Waals surface area contributed by atoms with Gasteiger partial charge < -0.3 is 9.47 Å². The van der Waals surface area contributed by atoms with Crippen LogP contribution in [0.4, 0.5) is 0 Å². The van der Waals surface area contributed by atoms with E-state index in [4.69, 9.17) is 21.1 Å². The largest absolute Gasteiger partial charge is 0.493 e. The Labute approximate surface area is 107 Å². The van der Waals surface area contributed by atoms with Gasteiger partial charge in [-0.1, -0.05) is 18.5 Å². The minimum Gasteiger partial charge on any atom is -0.493 e. The Morgan fingerprint density at radius 2 is 2.12 bits per heavy atom. The molecule has 0 N–H and O–H groups in total. The molecular formula is C13H17ClO3. The van der Waals surface area contributed by atoms with E-state index >= 15 is 0 Å². The van der Waals surface area contributed by atoms with Gasteiger partial charge in [0.1, 0.15) is 5.75 Å². The van der Waals surface area contributed by atoms with E-state index in [0.717, 1.165) is 22.8 Å². The lowest BCUT2D eigenvalue weighted by atomic mass is 10.1. The summed E-state index contributed by atoms with van der Waals surface area (Å²) in [5, 5.41) is 0.741. The van der Waals surface area contributed by atoms with E-state index in [0.29, 0.717) is 13.2 Å². The molecular weight excluding hydrogens is 240 g/mol. The van der Waals surface area contributed by atoms with Crippen LogP contribution in [-0.2, 0) is 16.0 Å². The summed E-state index contributed by atoms with van der Waals surface area (Å²) < 4.78 is 10.3. The Kier molecular flexibility index (Phi) is 5.84. The van der Waals surface area contributed by atoms with Crippen LogP contribution in [-0.4, -0.2) is 19.2 Å². The van der Waals surface area contributed by atoms with Crippen molar-refractivity contribution in [2.75, 3.05) is 13.2 Å². The molecule has 0 saturated carbocycles. The average molecular weight is 257 g/mol.